The highest BCUT2D eigenvalue weighted by Gasteiger charge is 2.40. The lowest BCUT2D eigenvalue weighted by molar-refractivity contribution is -0.120. The molecule has 2 rings (SSSR count). The van der Waals surface area contributed by atoms with Gasteiger partial charge in [0, 0.05) is 0 Å². The Morgan fingerprint density at radius 1 is 1.29 bits per heavy atom. The number of pyridine rings is 1. The predicted octanol–water partition coefficient (Wildman–Crippen LogP) is 2.89. The number of fused-ring (bicyclic) bond motifs is 1. The lowest BCUT2D eigenvalue weighted by atomic mass is 10.1. The fourth-order valence-corrected chi connectivity index (χ4v) is 4.05. The van der Waals surface area contributed by atoms with Crippen LogP contribution in [0, 0.1) is 0 Å². The van der Waals surface area contributed by atoms with Crippen molar-refractivity contribution in [2.24, 2.45) is 0 Å². The van der Waals surface area contributed by atoms with Crippen molar-refractivity contribution in [1.29, 1.82) is 0 Å². The summed E-state index contributed by atoms with van der Waals surface area (Å²) in [5.41, 5.74) is 0.733. The number of carbonyl (C=O) groups is 2. The Labute approximate surface area is 165 Å². The van der Waals surface area contributed by atoms with Gasteiger partial charge >= 0.3 is 6.09 Å². The molecule has 0 fully saturated rings. The van der Waals surface area contributed by atoms with Crippen LogP contribution >= 0.6 is 0 Å². The largest absolute Gasteiger partial charge is 0.463 e. The molecule has 154 valence electrons. The minimum atomic E-state index is -2.03. The van der Waals surface area contributed by atoms with Crippen LogP contribution in [-0.2, 0) is 9.22 Å². The molecule has 2 heterocycles. The van der Waals surface area contributed by atoms with Crippen LogP contribution in [0.4, 0.5) is 10.6 Å². The molecule has 0 saturated carbocycles. The lowest BCUT2D eigenvalue weighted by Gasteiger charge is -2.40. The second kappa shape index (κ2) is 7.98. The third kappa shape index (κ3) is 4.57. The van der Waals surface area contributed by atoms with E-state index in [9.17, 15) is 9.59 Å². The van der Waals surface area contributed by atoms with Crippen molar-refractivity contribution in [2.45, 2.75) is 58.0 Å². The number of rotatable bonds is 6. The molecule has 0 unspecified atom stereocenters. The summed E-state index contributed by atoms with van der Waals surface area (Å²) in [7, 11) is -0.320. The number of carboxylic acid groups (broad SMARTS) is 1. The number of hydrogen-bond donors (Lipinski definition) is 3. The first-order chi connectivity index (χ1) is 12.9. The zero-order valence-corrected chi connectivity index (χ0v) is 18.4. The van der Waals surface area contributed by atoms with Gasteiger partial charge in [-0.15, -0.1) is 0 Å². The van der Waals surface area contributed by atoms with Crippen molar-refractivity contribution in [1.82, 2.24) is 20.1 Å². The van der Waals surface area contributed by atoms with E-state index < -0.39 is 20.5 Å². The lowest BCUT2D eigenvalue weighted by Crippen LogP contribution is -2.53. The number of amides is 1. The van der Waals surface area contributed by atoms with Crippen molar-refractivity contribution in [3.63, 3.8) is 0 Å². The molecule has 9 nitrogen and oxygen atoms in total. The van der Waals surface area contributed by atoms with Crippen LogP contribution < -0.4 is 10.6 Å². The van der Waals surface area contributed by atoms with E-state index in [0.29, 0.717) is 16.9 Å². The van der Waals surface area contributed by atoms with Crippen LogP contribution in [0.25, 0.3) is 11.0 Å². The number of nitrogens with one attached hydrogen (secondary N) is 2. The fraction of sp³-hybridized carbons (Fsp3) is 0.556. The quantitative estimate of drug-likeness (QED) is 0.630. The Morgan fingerprint density at radius 2 is 1.93 bits per heavy atom. The van der Waals surface area contributed by atoms with E-state index in [1.165, 1.54) is 6.20 Å². The van der Waals surface area contributed by atoms with Gasteiger partial charge in [-0.2, -0.15) is 9.78 Å². The zero-order valence-electron chi connectivity index (χ0n) is 17.4. The summed E-state index contributed by atoms with van der Waals surface area (Å²) in [5.74, 6) is 0.0494. The number of nitrogens with zero attached hydrogens (tertiary/aromatic N) is 3. The van der Waals surface area contributed by atoms with E-state index in [1.54, 1.807) is 19.2 Å². The molecular formula is C18H29N5O4Si. The molecule has 0 saturated heterocycles. The standard InChI is InChI=1S/C18H29N5O4Si/c1-11(27-28(6,7)18(2,3)4)15(19-5)16(24)22-14-9-8-13-12(21-14)10-20-23(13)17(25)26/h8-11,15,19H,1-7H3,(H,25,26)(H,21,22,24)/t11-,15+/m0/s1. The Bertz CT molecular complexity index is 874. The van der Waals surface area contributed by atoms with Gasteiger partial charge in [0.05, 0.1) is 17.8 Å². The molecule has 10 heteroatoms. The summed E-state index contributed by atoms with van der Waals surface area (Å²) in [4.78, 5) is 28.2. The van der Waals surface area contributed by atoms with Gasteiger partial charge in [0.25, 0.3) is 0 Å². The normalized spacial score (nSPS) is 14.7. The molecule has 0 bridgehead atoms. The average Bonchev–Trinajstić information content (AvgIpc) is 2.97. The highest BCUT2D eigenvalue weighted by molar-refractivity contribution is 6.74. The second-order valence-electron chi connectivity index (χ2n) is 8.28. The SMILES string of the molecule is CN[C@@H](C(=O)Nc1ccc2c(cnn2C(=O)O)n1)[C@H](C)O[Si](C)(C)C(C)(C)C. The molecule has 0 aliphatic rings. The van der Waals surface area contributed by atoms with Gasteiger partial charge in [0.15, 0.2) is 8.32 Å². The van der Waals surface area contributed by atoms with E-state index in [0.717, 1.165) is 4.68 Å². The first-order valence-corrected chi connectivity index (χ1v) is 12.0. The van der Waals surface area contributed by atoms with Crippen molar-refractivity contribution >= 4 is 37.2 Å². The Hall–Kier alpha value is -2.30. The van der Waals surface area contributed by atoms with Crippen molar-refractivity contribution in [3.8, 4) is 0 Å². The molecule has 0 radical (unpaired) electrons. The van der Waals surface area contributed by atoms with Gasteiger partial charge in [-0.3, -0.25) is 4.79 Å². The van der Waals surface area contributed by atoms with Crippen LogP contribution in [0.1, 0.15) is 27.7 Å². The predicted molar refractivity (Wildman–Crippen MR) is 110 cm³/mol. The summed E-state index contributed by atoms with van der Waals surface area (Å²) in [6.07, 6.45) is -0.178. The minimum absolute atomic E-state index is 0.0346. The highest BCUT2D eigenvalue weighted by atomic mass is 28.4. The van der Waals surface area contributed by atoms with Gasteiger partial charge in [0.1, 0.15) is 17.4 Å². The van der Waals surface area contributed by atoms with Crippen LogP contribution in [0.2, 0.25) is 18.1 Å². The van der Waals surface area contributed by atoms with Crippen molar-refractivity contribution in [3.05, 3.63) is 18.3 Å². The molecule has 2 aromatic heterocycles. The first-order valence-electron chi connectivity index (χ1n) is 9.11. The summed E-state index contributed by atoms with van der Waals surface area (Å²) < 4.78 is 7.16. The first kappa shape index (κ1) is 22.0. The molecule has 3 N–H and O–H groups in total. The maximum absolute atomic E-state index is 12.8. The Kier molecular flexibility index (Phi) is 6.26. The maximum Gasteiger partial charge on any atom is 0.432 e. The molecule has 28 heavy (non-hydrogen) atoms. The van der Waals surface area contributed by atoms with E-state index in [2.05, 4.69) is 54.6 Å². The summed E-state index contributed by atoms with van der Waals surface area (Å²) >= 11 is 0. The molecule has 0 aromatic carbocycles. The van der Waals surface area contributed by atoms with Gasteiger partial charge in [-0.1, -0.05) is 20.8 Å². The van der Waals surface area contributed by atoms with Gasteiger partial charge in [-0.05, 0) is 44.2 Å². The molecule has 2 aromatic rings. The van der Waals surface area contributed by atoms with Gasteiger partial charge < -0.3 is 20.2 Å². The zero-order chi connectivity index (χ0) is 21.3. The van der Waals surface area contributed by atoms with E-state index in [4.69, 9.17) is 9.53 Å². The summed E-state index contributed by atoms with van der Waals surface area (Å²) in [6, 6.07) is 2.55. The maximum atomic E-state index is 12.8. The van der Waals surface area contributed by atoms with Gasteiger partial charge in [0.2, 0.25) is 5.91 Å². The summed E-state index contributed by atoms with van der Waals surface area (Å²) in [5, 5.41) is 18.7. The van der Waals surface area contributed by atoms with Crippen LogP contribution in [0.3, 0.4) is 0 Å². The molecule has 1 amide bonds. The molecule has 0 aliphatic carbocycles. The smallest absolute Gasteiger partial charge is 0.432 e. The number of anilines is 1. The number of likely N-dealkylation sites (N-methyl/N-ethyl adjacent to an activating group) is 1. The average molecular weight is 408 g/mol. The number of carbonyl (C=O) groups excluding carboxylic acids is 1. The third-order valence-corrected chi connectivity index (χ3v) is 9.78. The minimum Gasteiger partial charge on any atom is -0.463 e. The highest BCUT2D eigenvalue weighted by Crippen LogP contribution is 2.37. The van der Waals surface area contributed by atoms with E-state index >= 15 is 0 Å². The van der Waals surface area contributed by atoms with Crippen molar-refractivity contribution < 1.29 is 19.1 Å². The van der Waals surface area contributed by atoms with Crippen LogP contribution in [-0.4, -0.2) is 59.4 Å². The molecule has 0 spiro atoms. The Balaban J connectivity index is 2.15. The number of aromatic nitrogens is 3. The van der Waals surface area contributed by atoms with Crippen molar-refractivity contribution in [2.75, 3.05) is 12.4 Å². The molecular weight excluding hydrogens is 378 g/mol. The van der Waals surface area contributed by atoms with Crippen LogP contribution in [0.15, 0.2) is 18.3 Å². The Morgan fingerprint density at radius 3 is 2.46 bits per heavy atom. The van der Waals surface area contributed by atoms with E-state index in [-0.39, 0.29) is 17.0 Å². The topological polar surface area (TPSA) is 118 Å². The third-order valence-electron chi connectivity index (χ3n) is 5.21. The number of hydrogen-bond acceptors (Lipinski definition) is 6. The fourth-order valence-electron chi connectivity index (χ4n) is 2.63. The molecule has 0 aliphatic heterocycles. The second-order valence-corrected chi connectivity index (χ2v) is 13.0. The monoisotopic (exact) mass is 407 g/mol. The van der Waals surface area contributed by atoms with Gasteiger partial charge in [-0.25, -0.2) is 9.78 Å². The van der Waals surface area contributed by atoms with E-state index in [1.807, 2.05) is 6.92 Å². The summed E-state index contributed by atoms with van der Waals surface area (Å²) in [6.45, 7) is 12.6. The molecule has 2 atom stereocenters. The van der Waals surface area contributed by atoms with Crippen LogP contribution in [0.5, 0.6) is 0 Å².